The maximum atomic E-state index is 9.48. The van der Waals surface area contributed by atoms with Crippen LogP contribution in [-0.2, 0) is 0 Å². The van der Waals surface area contributed by atoms with Gasteiger partial charge in [0, 0.05) is 16.7 Å². The van der Waals surface area contributed by atoms with Crippen molar-refractivity contribution in [2.45, 2.75) is 0 Å². The van der Waals surface area contributed by atoms with E-state index in [0.717, 1.165) is 76.5 Å². The Morgan fingerprint density at radius 1 is 0.259 bits per heavy atom. The van der Waals surface area contributed by atoms with E-state index in [9.17, 15) is 5.48 Å². The molecule has 11 rings (SSSR count). The summed E-state index contributed by atoms with van der Waals surface area (Å²) in [6.07, 6.45) is 0. The highest BCUT2D eigenvalue weighted by Crippen LogP contribution is 2.37. The summed E-state index contributed by atoms with van der Waals surface area (Å²) in [7, 11) is 0. The molecule has 3 nitrogen and oxygen atoms in total. The average Bonchev–Trinajstić information content (AvgIpc) is 3.33. The molecule has 1 heterocycles. The Morgan fingerprint density at radius 2 is 0.776 bits per heavy atom. The van der Waals surface area contributed by atoms with Gasteiger partial charge in [0.2, 0.25) is 0 Å². The lowest BCUT2D eigenvalue weighted by atomic mass is 9.93. The van der Waals surface area contributed by atoms with Crippen LogP contribution in [-0.4, -0.2) is 15.0 Å². The van der Waals surface area contributed by atoms with Crippen molar-refractivity contribution in [1.29, 1.82) is 0 Å². The number of fused-ring (bicyclic) bond motifs is 5. The van der Waals surface area contributed by atoms with Crippen LogP contribution in [0.25, 0.3) is 111 Å². The van der Waals surface area contributed by atoms with Crippen molar-refractivity contribution in [2.24, 2.45) is 0 Å². The molecule has 11 aromatic rings. The Kier molecular flexibility index (Phi) is 7.17. The minimum Gasteiger partial charge on any atom is -0.208 e. The van der Waals surface area contributed by atoms with Crippen molar-refractivity contribution in [3.05, 3.63) is 212 Å². The molecule has 0 atom stereocenters. The molecule has 0 bridgehead atoms. The predicted octanol–water partition coefficient (Wildman–Crippen LogP) is 14.5. The summed E-state index contributed by atoms with van der Waals surface area (Å²) in [5, 5.41) is 8.21. The van der Waals surface area contributed by atoms with Gasteiger partial charge in [0.25, 0.3) is 0 Å². The van der Waals surface area contributed by atoms with Crippen molar-refractivity contribution in [3.8, 4) is 67.5 Å². The second-order valence-corrected chi connectivity index (χ2v) is 14.5. The molecule has 0 radical (unpaired) electrons. The van der Waals surface area contributed by atoms with Crippen LogP contribution in [0.2, 0.25) is 0 Å². The second kappa shape index (κ2) is 14.1. The van der Waals surface area contributed by atoms with Gasteiger partial charge in [-0.05, 0) is 94.7 Å². The van der Waals surface area contributed by atoms with Gasteiger partial charge in [-0.1, -0.05) is 194 Å². The summed E-state index contributed by atoms with van der Waals surface area (Å²) < 4.78 is 37.9. The number of nitrogens with zero attached hydrogens (tertiary/aromatic N) is 3. The van der Waals surface area contributed by atoms with Crippen molar-refractivity contribution in [3.63, 3.8) is 0 Å². The monoisotopic (exact) mass is 741 g/mol. The predicted molar refractivity (Wildman–Crippen MR) is 242 cm³/mol. The third-order valence-corrected chi connectivity index (χ3v) is 11.0. The third kappa shape index (κ3) is 6.07. The van der Waals surface area contributed by atoms with E-state index >= 15 is 0 Å². The summed E-state index contributed by atoms with van der Waals surface area (Å²) in [5.41, 5.74) is 6.74. The zero-order chi connectivity index (χ0) is 41.9. The molecule has 0 unspecified atom stereocenters. The van der Waals surface area contributed by atoms with Crippen LogP contribution in [0.1, 0.15) is 5.48 Å². The molecular formula is C55H35N3. The molecule has 270 valence electrons. The lowest BCUT2D eigenvalue weighted by molar-refractivity contribution is 1.07. The number of hydrogen-bond acceptors (Lipinski definition) is 3. The quantitative estimate of drug-likeness (QED) is 0.159. The summed E-state index contributed by atoms with van der Waals surface area (Å²) >= 11 is 0. The van der Waals surface area contributed by atoms with Crippen LogP contribution in [0.15, 0.2) is 212 Å². The molecule has 3 heteroatoms. The van der Waals surface area contributed by atoms with Crippen LogP contribution in [0.3, 0.4) is 0 Å². The molecule has 0 fully saturated rings. The van der Waals surface area contributed by atoms with Crippen molar-refractivity contribution >= 4 is 43.1 Å². The molecule has 0 aliphatic heterocycles. The molecule has 1 aromatic heterocycles. The van der Waals surface area contributed by atoms with Crippen LogP contribution in [0.5, 0.6) is 0 Å². The Labute approximate surface area is 342 Å². The molecule has 0 N–H and O–H groups in total. The number of benzene rings is 10. The van der Waals surface area contributed by atoms with Gasteiger partial charge in [-0.25, -0.2) is 15.0 Å². The molecule has 0 amide bonds. The minimum atomic E-state index is -0.223. The average molecular weight is 742 g/mol. The summed E-state index contributed by atoms with van der Waals surface area (Å²) in [4.78, 5) is 14.9. The van der Waals surface area contributed by atoms with Crippen LogP contribution >= 0.6 is 0 Å². The molecule has 0 aliphatic rings. The lowest BCUT2D eigenvalue weighted by Gasteiger charge is -2.12. The lowest BCUT2D eigenvalue weighted by Crippen LogP contribution is -2.00. The number of hydrogen-bond donors (Lipinski definition) is 0. The summed E-state index contributed by atoms with van der Waals surface area (Å²) in [5.74, 6) is 0.781. The Hall–Kier alpha value is -7.75. The molecule has 0 saturated carbocycles. The minimum absolute atomic E-state index is 0.0133. The smallest absolute Gasteiger partial charge is 0.164 e. The van der Waals surface area contributed by atoms with Gasteiger partial charge in [-0.15, -0.1) is 0 Å². The van der Waals surface area contributed by atoms with Crippen LogP contribution < -0.4 is 0 Å². The van der Waals surface area contributed by atoms with Crippen molar-refractivity contribution in [1.82, 2.24) is 15.0 Å². The van der Waals surface area contributed by atoms with E-state index in [4.69, 9.17) is 15.0 Å². The highest BCUT2D eigenvalue weighted by molar-refractivity contribution is 6.13. The fourth-order valence-corrected chi connectivity index (χ4v) is 8.04. The topological polar surface area (TPSA) is 38.7 Å². The van der Waals surface area contributed by atoms with Crippen molar-refractivity contribution < 1.29 is 5.48 Å². The maximum absolute atomic E-state index is 9.48. The maximum Gasteiger partial charge on any atom is 0.164 e. The Balaban J connectivity index is 1.08. The molecule has 0 spiro atoms. The van der Waals surface area contributed by atoms with Gasteiger partial charge in [-0.3, -0.25) is 0 Å². The first kappa shape index (κ1) is 29.5. The first-order valence-electron chi connectivity index (χ1n) is 21.4. The van der Waals surface area contributed by atoms with E-state index < -0.39 is 0 Å². The Morgan fingerprint density at radius 3 is 1.53 bits per heavy atom. The standard InChI is InChI=1S/C55H35N3/c1-2-11-36(12-3-1)42-29-30-44-34-46(32-31-43(44)33-42)55-57-53(40-25-21-38(22-26-40)48-20-10-15-37-13-4-6-16-47(37)48)56-54(58-55)41-27-23-39(24-28-41)52-35-45-14-5-7-17-49(45)50-18-8-9-19-51(50)52/h1-35H/i23D,24D,27D,28D. The Bertz CT molecular complexity index is 3540. The van der Waals surface area contributed by atoms with Gasteiger partial charge < -0.3 is 0 Å². The van der Waals surface area contributed by atoms with E-state index in [-0.39, 0.29) is 41.1 Å². The third-order valence-electron chi connectivity index (χ3n) is 11.0. The largest absolute Gasteiger partial charge is 0.208 e. The fraction of sp³-hybridized carbons (Fsp3) is 0. The molecular weight excluding hydrogens is 703 g/mol. The van der Waals surface area contributed by atoms with Crippen molar-refractivity contribution in [2.75, 3.05) is 0 Å². The zero-order valence-electron chi connectivity index (χ0n) is 35.2. The number of rotatable bonds is 6. The van der Waals surface area contributed by atoms with Crippen LogP contribution in [0.4, 0.5) is 0 Å². The van der Waals surface area contributed by atoms with Crippen LogP contribution in [0, 0.1) is 0 Å². The SMILES string of the molecule is [2H]c1c([2H])c(-c2cc3ccccc3c3ccccc23)c([2H])c([2H])c1-c1nc(-c2ccc(-c3cccc4ccccc34)cc2)nc(-c2ccc3cc(-c4ccccc4)ccc3c2)n1. The first-order chi connectivity index (χ1) is 30.4. The molecule has 58 heavy (non-hydrogen) atoms. The summed E-state index contributed by atoms with van der Waals surface area (Å²) in [6.45, 7) is 0. The highest BCUT2D eigenvalue weighted by Gasteiger charge is 2.15. The van der Waals surface area contributed by atoms with Gasteiger partial charge >= 0.3 is 0 Å². The van der Waals surface area contributed by atoms with Gasteiger partial charge in [0.1, 0.15) is 0 Å². The van der Waals surface area contributed by atoms with E-state index in [1.165, 1.54) is 0 Å². The number of aromatic nitrogens is 3. The van der Waals surface area contributed by atoms with E-state index in [1.54, 1.807) is 0 Å². The van der Waals surface area contributed by atoms with Gasteiger partial charge in [0.05, 0.1) is 5.48 Å². The second-order valence-electron chi connectivity index (χ2n) is 14.5. The summed E-state index contributed by atoms with van der Waals surface area (Å²) in [6, 6.07) is 62.5. The molecule has 10 aromatic carbocycles. The van der Waals surface area contributed by atoms with Gasteiger partial charge in [0.15, 0.2) is 17.5 Å². The fourth-order valence-electron chi connectivity index (χ4n) is 8.04. The first-order valence-corrected chi connectivity index (χ1v) is 19.4. The normalized spacial score (nSPS) is 12.4. The van der Waals surface area contributed by atoms with E-state index in [1.807, 2.05) is 103 Å². The molecule has 0 aliphatic carbocycles. The van der Waals surface area contributed by atoms with E-state index in [2.05, 4.69) is 84.9 Å². The molecule has 0 saturated heterocycles. The van der Waals surface area contributed by atoms with E-state index in [0.29, 0.717) is 17.2 Å². The van der Waals surface area contributed by atoms with Gasteiger partial charge in [-0.2, -0.15) is 0 Å². The zero-order valence-corrected chi connectivity index (χ0v) is 31.2. The highest BCUT2D eigenvalue weighted by atomic mass is 15.0.